The molecule has 100 valence electrons. The van der Waals surface area contributed by atoms with Crippen molar-refractivity contribution < 1.29 is 0 Å². The fourth-order valence-corrected chi connectivity index (χ4v) is 3.57. The second kappa shape index (κ2) is 4.64. The van der Waals surface area contributed by atoms with Crippen LogP contribution in [0.4, 0.5) is 0 Å². The standard InChI is InChI=1S/C16H20N2S/c1-9(2)13-14(10(3)4)17-8-12-7-11-5-6-19-16(11)18-15(12)13/h5-7,9-10,17H,8H2,1-4H3. The summed E-state index contributed by atoms with van der Waals surface area (Å²) in [4.78, 5) is 6.09. The number of fused-ring (bicyclic) bond motifs is 2. The lowest BCUT2D eigenvalue weighted by Gasteiger charge is -2.28. The molecule has 1 aliphatic rings. The van der Waals surface area contributed by atoms with Crippen LogP contribution in [0.1, 0.15) is 39.0 Å². The molecule has 3 heteroatoms. The number of allylic oxidation sites excluding steroid dienone is 2. The predicted octanol–water partition coefficient (Wildman–Crippen LogP) is 4.42. The molecule has 0 saturated carbocycles. The Balaban J connectivity index is 2.26. The molecule has 0 radical (unpaired) electrons. The van der Waals surface area contributed by atoms with E-state index in [1.165, 1.54) is 27.9 Å². The molecule has 0 aliphatic carbocycles. The molecule has 1 aliphatic heterocycles. The molecule has 0 fully saturated rings. The number of pyridine rings is 1. The Labute approximate surface area is 118 Å². The van der Waals surface area contributed by atoms with Crippen molar-refractivity contribution in [2.45, 2.75) is 34.2 Å². The molecule has 2 nitrogen and oxygen atoms in total. The molecular weight excluding hydrogens is 252 g/mol. The van der Waals surface area contributed by atoms with E-state index >= 15 is 0 Å². The average molecular weight is 272 g/mol. The monoisotopic (exact) mass is 272 g/mol. The fraction of sp³-hybridized carbons (Fsp3) is 0.438. The molecule has 3 heterocycles. The van der Waals surface area contributed by atoms with Crippen molar-refractivity contribution in [2.24, 2.45) is 11.8 Å². The molecule has 19 heavy (non-hydrogen) atoms. The zero-order chi connectivity index (χ0) is 13.6. The SMILES string of the molecule is CC(C)C1=C(C(C)C)c2nc3sccc3cc2CN1. The first kappa shape index (κ1) is 12.7. The lowest BCUT2D eigenvalue weighted by atomic mass is 9.87. The van der Waals surface area contributed by atoms with Gasteiger partial charge in [-0.15, -0.1) is 11.3 Å². The van der Waals surface area contributed by atoms with E-state index in [1.54, 1.807) is 11.3 Å². The predicted molar refractivity (Wildman–Crippen MR) is 83.1 cm³/mol. The van der Waals surface area contributed by atoms with E-state index in [0.717, 1.165) is 11.4 Å². The molecule has 0 atom stereocenters. The molecule has 0 unspecified atom stereocenters. The van der Waals surface area contributed by atoms with Crippen LogP contribution in [0, 0.1) is 11.8 Å². The molecule has 0 aromatic carbocycles. The van der Waals surface area contributed by atoms with Gasteiger partial charge in [0.2, 0.25) is 0 Å². The lowest BCUT2D eigenvalue weighted by Crippen LogP contribution is -2.26. The number of hydrogen-bond donors (Lipinski definition) is 1. The van der Waals surface area contributed by atoms with Gasteiger partial charge in [0, 0.05) is 17.6 Å². The van der Waals surface area contributed by atoms with Gasteiger partial charge in [-0.25, -0.2) is 4.98 Å². The van der Waals surface area contributed by atoms with Crippen molar-refractivity contribution >= 4 is 27.1 Å². The quantitative estimate of drug-likeness (QED) is 0.875. The summed E-state index contributed by atoms with van der Waals surface area (Å²) in [7, 11) is 0. The van der Waals surface area contributed by atoms with Crippen LogP contribution in [0.2, 0.25) is 0 Å². The summed E-state index contributed by atoms with van der Waals surface area (Å²) < 4.78 is 0. The maximum Gasteiger partial charge on any atom is 0.123 e. The molecular formula is C16H20N2S. The van der Waals surface area contributed by atoms with Gasteiger partial charge in [0.05, 0.1) is 5.69 Å². The zero-order valence-corrected chi connectivity index (χ0v) is 12.8. The molecule has 0 bridgehead atoms. The highest BCUT2D eigenvalue weighted by atomic mass is 32.1. The molecule has 0 spiro atoms. The van der Waals surface area contributed by atoms with Crippen LogP contribution >= 0.6 is 11.3 Å². The van der Waals surface area contributed by atoms with Crippen LogP contribution in [0.15, 0.2) is 23.2 Å². The van der Waals surface area contributed by atoms with E-state index in [2.05, 4.69) is 50.5 Å². The Kier molecular flexibility index (Phi) is 3.09. The second-order valence-corrected chi connectivity index (χ2v) is 6.70. The zero-order valence-electron chi connectivity index (χ0n) is 11.9. The number of nitrogens with one attached hydrogen (secondary N) is 1. The maximum atomic E-state index is 4.93. The summed E-state index contributed by atoms with van der Waals surface area (Å²) in [5.41, 5.74) is 5.31. The van der Waals surface area contributed by atoms with Crippen LogP contribution < -0.4 is 5.32 Å². The minimum atomic E-state index is 0.494. The Morgan fingerprint density at radius 2 is 2.00 bits per heavy atom. The molecule has 0 saturated heterocycles. The maximum absolute atomic E-state index is 4.93. The Bertz CT molecular complexity index is 650. The van der Waals surface area contributed by atoms with E-state index in [0.29, 0.717) is 11.8 Å². The first-order chi connectivity index (χ1) is 9.08. The molecule has 2 aromatic rings. The largest absolute Gasteiger partial charge is 0.384 e. The number of thiophene rings is 1. The van der Waals surface area contributed by atoms with Crippen molar-refractivity contribution in [1.82, 2.24) is 10.3 Å². The van der Waals surface area contributed by atoms with Gasteiger partial charge in [-0.1, -0.05) is 27.7 Å². The third-order valence-corrected chi connectivity index (χ3v) is 4.51. The molecule has 1 N–H and O–H groups in total. The highest BCUT2D eigenvalue weighted by Crippen LogP contribution is 2.35. The van der Waals surface area contributed by atoms with E-state index in [1.807, 2.05) is 0 Å². The third-order valence-electron chi connectivity index (χ3n) is 3.69. The summed E-state index contributed by atoms with van der Waals surface area (Å²) in [6.07, 6.45) is 0. The van der Waals surface area contributed by atoms with E-state index < -0.39 is 0 Å². The van der Waals surface area contributed by atoms with Crippen LogP contribution in [0.25, 0.3) is 15.8 Å². The van der Waals surface area contributed by atoms with Gasteiger partial charge in [0.15, 0.2) is 0 Å². The van der Waals surface area contributed by atoms with Crippen molar-refractivity contribution in [2.75, 3.05) is 0 Å². The van der Waals surface area contributed by atoms with E-state index in [9.17, 15) is 0 Å². The van der Waals surface area contributed by atoms with Crippen molar-refractivity contribution in [3.8, 4) is 0 Å². The Morgan fingerprint density at radius 3 is 2.68 bits per heavy atom. The summed E-state index contributed by atoms with van der Waals surface area (Å²) in [5, 5.41) is 7.00. The van der Waals surface area contributed by atoms with Gasteiger partial charge in [0.1, 0.15) is 4.83 Å². The summed E-state index contributed by atoms with van der Waals surface area (Å²) in [6.45, 7) is 9.92. The van der Waals surface area contributed by atoms with E-state index in [-0.39, 0.29) is 0 Å². The van der Waals surface area contributed by atoms with Crippen molar-refractivity contribution in [3.63, 3.8) is 0 Å². The van der Waals surface area contributed by atoms with Gasteiger partial charge in [0.25, 0.3) is 0 Å². The molecule has 2 aromatic heterocycles. The third kappa shape index (κ3) is 2.06. The summed E-state index contributed by atoms with van der Waals surface area (Å²) >= 11 is 1.73. The summed E-state index contributed by atoms with van der Waals surface area (Å²) in [6, 6.07) is 4.45. The Morgan fingerprint density at radius 1 is 1.21 bits per heavy atom. The van der Waals surface area contributed by atoms with Crippen LogP contribution in [-0.2, 0) is 6.54 Å². The smallest absolute Gasteiger partial charge is 0.123 e. The first-order valence-corrected chi connectivity index (χ1v) is 7.81. The first-order valence-electron chi connectivity index (χ1n) is 6.93. The Hall–Kier alpha value is -1.35. The van der Waals surface area contributed by atoms with Gasteiger partial charge in [-0.05, 0) is 40.5 Å². The van der Waals surface area contributed by atoms with Gasteiger partial charge in [-0.2, -0.15) is 0 Å². The molecule has 0 amide bonds. The molecule has 3 rings (SSSR count). The van der Waals surface area contributed by atoms with Crippen molar-refractivity contribution in [1.29, 1.82) is 0 Å². The highest BCUT2D eigenvalue weighted by Gasteiger charge is 2.24. The topological polar surface area (TPSA) is 24.9 Å². The van der Waals surface area contributed by atoms with Crippen LogP contribution in [0.3, 0.4) is 0 Å². The summed E-state index contributed by atoms with van der Waals surface area (Å²) in [5.74, 6) is 1.01. The number of rotatable bonds is 2. The fourth-order valence-electron chi connectivity index (χ4n) is 2.82. The van der Waals surface area contributed by atoms with Crippen LogP contribution in [0.5, 0.6) is 0 Å². The van der Waals surface area contributed by atoms with Gasteiger partial charge in [-0.3, -0.25) is 0 Å². The van der Waals surface area contributed by atoms with Gasteiger partial charge < -0.3 is 5.32 Å². The highest BCUT2D eigenvalue weighted by molar-refractivity contribution is 7.16. The number of nitrogens with zero attached hydrogens (tertiary/aromatic N) is 1. The number of hydrogen-bond acceptors (Lipinski definition) is 3. The normalized spacial score (nSPS) is 15.3. The second-order valence-electron chi connectivity index (χ2n) is 5.80. The minimum Gasteiger partial charge on any atom is -0.384 e. The lowest BCUT2D eigenvalue weighted by molar-refractivity contribution is 0.625. The number of aromatic nitrogens is 1. The average Bonchev–Trinajstić information content (AvgIpc) is 2.81. The van der Waals surface area contributed by atoms with E-state index in [4.69, 9.17) is 4.98 Å². The van der Waals surface area contributed by atoms with Crippen LogP contribution in [-0.4, -0.2) is 4.98 Å². The van der Waals surface area contributed by atoms with Gasteiger partial charge >= 0.3 is 0 Å². The minimum absolute atomic E-state index is 0.494. The van der Waals surface area contributed by atoms with Crippen molar-refractivity contribution in [3.05, 3.63) is 34.5 Å².